The van der Waals surface area contributed by atoms with Gasteiger partial charge in [0.05, 0.1) is 17.4 Å². The Morgan fingerprint density at radius 2 is 2.32 bits per heavy atom. The summed E-state index contributed by atoms with van der Waals surface area (Å²) in [7, 11) is 1.79. The zero-order valence-electron chi connectivity index (χ0n) is 10.1. The molecule has 0 aliphatic carbocycles. The molecule has 1 aromatic heterocycles. The second-order valence-electron chi connectivity index (χ2n) is 3.81. The SMILES string of the molecule is Cn1cc(Oc2ccc(/C=C/C(=O)O)cc2Cl)cn1. The predicted molar refractivity (Wildman–Crippen MR) is 71.4 cm³/mol. The first-order chi connectivity index (χ1) is 9.04. The average Bonchev–Trinajstić information content (AvgIpc) is 2.75. The van der Waals surface area contributed by atoms with Crippen molar-refractivity contribution in [2.24, 2.45) is 7.05 Å². The zero-order valence-corrected chi connectivity index (χ0v) is 10.8. The molecule has 0 aliphatic rings. The molecule has 19 heavy (non-hydrogen) atoms. The van der Waals surface area contributed by atoms with Gasteiger partial charge in [-0.05, 0) is 23.8 Å². The maximum absolute atomic E-state index is 10.4. The first-order valence-electron chi connectivity index (χ1n) is 5.41. The molecule has 0 fully saturated rings. The highest BCUT2D eigenvalue weighted by Crippen LogP contribution is 2.30. The third kappa shape index (κ3) is 3.59. The Morgan fingerprint density at radius 1 is 1.53 bits per heavy atom. The van der Waals surface area contributed by atoms with E-state index in [9.17, 15) is 4.79 Å². The van der Waals surface area contributed by atoms with E-state index in [0.717, 1.165) is 6.08 Å². The Bertz CT molecular complexity index is 635. The lowest BCUT2D eigenvalue weighted by Crippen LogP contribution is -1.87. The monoisotopic (exact) mass is 278 g/mol. The first kappa shape index (κ1) is 13.2. The van der Waals surface area contributed by atoms with Gasteiger partial charge in [0.15, 0.2) is 5.75 Å². The average molecular weight is 279 g/mol. The summed E-state index contributed by atoms with van der Waals surface area (Å²) in [6, 6.07) is 5.03. The van der Waals surface area contributed by atoms with Gasteiger partial charge in [-0.1, -0.05) is 17.7 Å². The minimum Gasteiger partial charge on any atom is -0.478 e. The van der Waals surface area contributed by atoms with Crippen LogP contribution in [0.25, 0.3) is 6.08 Å². The van der Waals surface area contributed by atoms with E-state index in [-0.39, 0.29) is 0 Å². The molecule has 0 amide bonds. The van der Waals surface area contributed by atoms with Crippen molar-refractivity contribution in [2.45, 2.75) is 0 Å². The van der Waals surface area contributed by atoms with Gasteiger partial charge in [0, 0.05) is 13.1 Å². The maximum Gasteiger partial charge on any atom is 0.328 e. The Morgan fingerprint density at radius 3 is 2.89 bits per heavy atom. The Labute approximate surface area is 114 Å². The van der Waals surface area contributed by atoms with Gasteiger partial charge >= 0.3 is 5.97 Å². The molecule has 1 N–H and O–H groups in total. The van der Waals surface area contributed by atoms with E-state index in [1.165, 1.54) is 6.08 Å². The zero-order chi connectivity index (χ0) is 13.8. The van der Waals surface area contributed by atoms with Crippen LogP contribution in [0.15, 0.2) is 36.7 Å². The fourth-order valence-corrected chi connectivity index (χ4v) is 1.68. The summed E-state index contributed by atoms with van der Waals surface area (Å²) < 4.78 is 7.17. The number of halogens is 1. The lowest BCUT2D eigenvalue weighted by Gasteiger charge is -2.05. The van der Waals surface area contributed by atoms with Crippen molar-refractivity contribution in [2.75, 3.05) is 0 Å². The summed E-state index contributed by atoms with van der Waals surface area (Å²) in [5.41, 5.74) is 0.686. The second kappa shape index (κ2) is 5.58. The third-order valence-corrected chi connectivity index (χ3v) is 2.58. The van der Waals surface area contributed by atoms with Crippen molar-refractivity contribution in [1.29, 1.82) is 0 Å². The number of aliphatic carboxylic acids is 1. The number of aromatic nitrogens is 2. The summed E-state index contributed by atoms with van der Waals surface area (Å²) in [6.07, 6.45) is 5.80. The van der Waals surface area contributed by atoms with Gasteiger partial charge in [-0.25, -0.2) is 4.79 Å². The van der Waals surface area contributed by atoms with Crippen molar-refractivity contribution in [3.05, 3.63) is 47.3 Å². The molecular formula is C13H11ClN2O3. The quantitative estimate of drug-likeness (QED) is 0.873. The summed E-state index contributed by atoms with van der Waals surface area (Å²) in [6.45, 7) is 0. The van der Waals surface area contributed by atoms with Gasteiger partial charge in [-0.15, -0.1) is 0 Å². The number of carboxylic acids is 1. The van der Waals surface area contributed by atoms with Crippen molar-refractivity contribution in [3.8, 4) is 11.5 Å². The van der Waals surface area contributed by atoms with E-state index in [4.69, 9.17) is 21.4 Å². The van der Waals surface area contributed by atoms with Crippen LogP contribution in [0.5, 0.6) is 11.5 Å². The Kier molecular flexibility index (Phi) is 3.87. The second-order valence-corrected chi connectivity index (χ2v) is 4.22. The first-order valence-corrected chi connectivity index (χ1v) is 5.79. The Balaban J connectivity index is 2.17. The van der Waals surface area contributed by atoms with Gasteiger partial charge in [0.25, 0.3) is 0 Å². The largest absolute Gasteiger partial charge is 0.478 e. The van der Waals surface area contributed by atoms with Crippen molar-refractivity contribution >= 4 is 23.6 Å². The molecule has 0 bridgehead atoms. The number of rotatable bonds is 4. The van der Waals surface area contributed by atoms with Crippen LogP contribution >= 0.6 is 11.6 Å². The normalized spacial score (nSPS) is 10.8. The van der Waals surface area contributed by atoms with Crippen LogP contribution in [0, 0.1) is 0 Å². The summed E-state index contributed by atoms with van der Waals surface area (Å²) in [5.74, 6) is 0.0622. The maximum atomic E-state index is 10.4. The molecule has 6 heteroatoms. The molecule has 0 aliphatic heterocycles. The molecular weight excluding hydrogens is 268 g/mol. The van der Waals surface area contributed by atoms with Crippen LogP contribution in [0.3, 0.4) is 0 Å². The van der Waals surface area contributed by atoms with E-state index >= 15 is 0 Å². The highest BCUT2D eigenvalue weighted by molar-refractivity contribution is 6.32. The molecule has 0 atom stereocenters. The van der Waals surface area contributed by atoms with E-state index in [2.05, 4.69) is 5.10 Å². The molecule has 1 heterocycles. The van der Waals surface area contributed by atoms with E-state index in [1.54, 1.807) is 42.3 Å². The van der Waals surface area contributed by atoms with Crippen LogP contribution in [0.1, 0.15) is 5.56 Å². The molecule has 0 spiro atoms. The topological polar surface area (TPSA) is 64.3 Å². The fraction of sp³-hybridized carbons (Fsp3) is 0.0769. The highest BCUT2D eigenvalue weighted by atomic mass is 35.5. The van der Waals surface area contributed by atoms with Gasteiger partial charge in [-0.3, -0.25) is 4.68 Å². The smallest absolute Gasteiger partial charge is 0.328 e. The van der Waals surface area contributed by atoms with Crippen LogP contribution in [-0.2, 0) is 11.8 Å². The van der Waals surface area contributed by atoms with Gasteiger partial charge in [0.2, 0.25) is 0 Å². The van der Waals surface area contributed by atoms with E-state index in [0.29, 0.717) is 22.1 Å². The minimum atomic E-state index is -1.01. The number of aryl methyl sites for hydroxylation is 1. The molecule has 98 valence electrons. The minimum absolute atomic E-state index is 0.399. The molecule has 0 unspecified atom stereocenters. The molecule has 0 saturated heterocycles. The number of carbonyl (C=O) groups is 1. The van der Waals surface area contributed by atoms with Crippen LogP contribution in [0.2, 0.25) is 5.02 Å². The number of hydrogen-bond donors (Lipinski definition) is 1. The predicted octanol–water partition coefficient (Wildman–Crippen LogP) is 2.96. The third-order valence-electron chi connectivity index (χ3n) is 2.28. The van der Waals surface area contributed by atoms with Gasteiger partial charge in [-0.2, -0.15) is 5.10 Å². The summed E-state index contributed by atoms with van der Waals surface area (Å²) in [4.78, 5) is 10.4. The van der Waals surface area contributed by atoms with Crippen LogP contribution in [0.4, 0.5) is 0 Å². The van der Waals surface area contributed by atoms with E-state index in [1.807, 2.05) is 0 Å². The molecule has 1 aromatic carbocycles. The molecule has 0 saturated carbocycles. The molecule has 2 aromatic rings. The molecule has 2 rings (SSSR count). The molecule has 5 nitrogen and oxygen atoms in total. The number of nitrogens with zero attached hydrogens (tertiary/aromatic N) is 2. The highest BCUT2D eigenvalue weighted by Gasteiger charge is 2.05. The number of ether oxygens (including phenoxy) is 1. The number of hydrogen-bond acceptors (Lipinski definition) is 3. The fourth-order valence-electron chi connectivity index (χ4n) is 1.45. The standard InChI is InChI=1S/C13H11ClN2O3/c1-16-8-10(7-15-16)19-12-4-2-9(6-11(12)14)3-5-13(17)18/h2-8H,1H3,(H,17,18)/b5-3+. The van der Waals surface area contributed by atoms with Crippen LogP contribution in [-0.4, -0.2) is 20.9 Å². The summed E-state index contributed by atoms with van der Waals surface area (Å²) >= 11 is 6.07. The van der Waals surface area contributed by atoms with Crippen molar-refractivity contribution in [3.63, 3.8) is 0 Å². The summed E-state index contributed by atoms with van der Waals surface area (Å²) in [5, 5.41) is 12.9. The lowest BCUT2D eigenvalue weighted by molar-refractivity contribution is -0.131. The van der Waals surface area contributed by atoms with Crippen molar-refractivity contribution in [1.82, 2.24) is 9.78 Å². The van der Waals surface area contributed by atoms with Gasteiger partial charge < -0.3 is 9.84 Å². The lowest BCUT2D eigenvalue weighted by atomic mass is 10.2. The van der Waals surface area contributed by atoms with E-state index < -0.39 is 5.97 Å². The number of benzene rings is 1. The van der Waals surface area contributed by atoms with Gasteiger partial charge in [0.1, 0.15) is 5.75 Å². The molecule has 0 radical (unpaired) electrons. The van der Waals surface area contributed by atoms with Crippen LogP contribution < -0.4 is 4.74 Å². The number of carboxylic acid groups (broad SMARTS) is 1. The Hall–Kier alpha value is -2.27. The van der Waals surface area contributed by atoms with Crippen molar-refractivity contribution < 1.29 is 14.6 Å².